The Morgan fingerprint density at radius 2 is 2.27 bits per heavy atom. The van der Waals surface area contributed by atoms with Gasteiger partial charge in [0, 0.05) is 26.3 Å². The molecule has 0 amide bonds. The molecule has 4 nitrogen and oxygen atoms in total. The largest absolute Gasteiger partial charge is 0.468 e. The van der Waals surface area contributed by atoms with Crippen molar-refractivity contribution in [3.8, 4) is 0 Å². The highest BCUT2D eigenvalue weighted by Crippen LogP contribution is 2.18. The molecule has 1 saturated heterocycles. The monoisotopic (exact) mass is 215 g/mol. The normalized spacial score (nSPS) is 21.1. The van der Waals surface area contributed by atoms with E-state index in [2.05, 4.69) is 11.8 Å². The summed E-state index contributed by atoms with van der Waals surface area (Å²) in [7, 11) is 1.45. The lowest BCUT2D eigenvalue weighted by Crippen LogP contribution is -2.53. The Balaban J connectivity index is 2.04. The van der Waals surface area contributed by atoms with Crippen molar-refractivity contribution in [2.75, 3.05) is 33.4 Å². The third kappa shape index (κ3) is 3.80. The zero-order chi connectivity index (χ0) is 11.1. The van der Waals surface area contributed by atoms with Gasteiger partial charge >= 0.3 is 5.97 Å². The Bertz CT molecular complexity index is 196. The van der Waals surface area contributed by atoms with Crippen LogP contribution < -0.4 is 0 Å². The van der Waals surface area contributed by atoms with Crippen LogP contribution in [0.1, 0.15) is 26.2 Å². The summed E-state index contributed by atoms with van der Waals surface area (Å²) >= 11 is 0. The van der Waals surface area contributed by atoms with Crippen molar-refractivity contribution >= 4 is 5.97 Å². The van der Waals surface area contributed by atoms with Gasteiger partial charge in [0.2, 0.25) is 0 Å². The molecule has 15 heavy (non-hydrogen) atoms. The van der Waals surface area contributed by atoms with Gasteiger partial charge in [-0.15, -0.1) is 0 Å². The van der Waals surface area contributed by atoms with Crippen LogP contribution in [0.5, 0.6) is 0 Å². The molecule has 1 rings (SSSR count). The fourth-order valence-corrected chi connectivity index (χ4v) is 1.73. The maximum absolute atomic E-state index is 11.2. The number of rotatable bonds is 7. The molecule has 1 heterocycles. The minimum Gasteiger partial charge on any atom is -0.468 e. The van der Waals surface area contributed by atoms with E-state index >= 15 is 0 Å². The fourth-order valence-electron chi connectivity index (χ4n) is 1.73. The summed E-state index contributed by atoms with van der Waals surface area (Å²) in [5, 5.41) is 0. The Morgan fingerprint density at radius 1 is 1.47 bits per heavy atom. The minimum absolute atomic E-state index is 0.00109. The van der Waals surface area contributed by atoms with Crippen LogP contribution in [0, 0.1) is 0 Å². The number of esters is 1. The van der Waals surface area contributed by atoms with Gasteiger partial charge in [0.25, 0.3) is 0 Å². The first-order valence-corrected chi connectivity index (χ1v) is 5.69. The summed E-state index contributed by atoms with van der Waals surface area (Å²) in [5.41, 5.74) is 0. The maximum Gasteiger partial charge on any atom is 0.323 e. The van der Waals surface area contributed by atoms with E-state index in [0.29, 0.717) is 0 Å². The number of carbonyl (C=O) groups excluding carboxylic acids is 1. The molecule has 0 aromatic carbocycles. The van der Waals surface area contributed by atoms with Crippen molar-refractivity contribution in [3.05, 3.63) is 0 Å². The first-order chi connectivity index (χ1) is 7.29. The predicted molar refractivity (Wildman–Crippen MR) is 57.7 cm³/mol. The molecule has 1 fully saturated rings. The van der Waals surface area contributed by atoms with Crippen LogP contribution >= 0.6 is 0 Å². The molecule has 1 unspecified atom stereocenters. The zero-order valence-corrected chi connectivity index (χ0v) is 9.70. The molecule has 88 valence electrons. The molecular formula is C11H21NO3. The fraction of sp³-hybridized carbons (Fsp3) is 0.909. The van der Waals surface area contributed by atoms with Crippen molar-refractivity contribution in [2.45, 2.75) is 32.2 Å². The lowest BCUT2D eigenvalue weighted by Gasteiger charge is -2.38. The first-order valence-electron chi connectivity index (χ1n) is 5.69. The van der Waals surface area contributed by atoms with Gasteiger partial charge in [-0.05, 0) is 19.3 Å². The van der Waals surface area contributed by atoms with Crippen molar-refractivity contribution in [1.29, 1.82) is 0 Å². The standard InChI is InChI=1S/C11H21NO3/c1-3-8-15-9-4-6-12-7-5-10(12)11(13)14-2/h10H,3-9H2,1-2H3. The van der Waals surface area contributed by atoms with Crippen LogP contribution in [-0.4, -0.2) is 50.3 Å². The summed E-state index contributed by atoms with van der Waals surface area (Å²) in [6.45, 7) is 5.67. The van der Waals surface area contributed by atoms with Crippen LogP contribution in [0.3, 0.4) is 0 Å². The Morgan fingerprint density at radius 3 is 2.80 bits per heavy atom. The third-order valence-electron chi connectivity index (χ3n) is 2.69. The average molecular weight is 215 g/mol. The van der Waals surface area contributed by atoms with Crippen molar-refractivity contribution in [1.82, 2.24) is 4.90 Å². The molecule has 4 heteroatoms. The number of carbonyl (C=O) groups is 1. The van der Waals surface area contributed by atoms with Crippen molar-refractivity contribution in [3.63, 3.8) is 0 Å². The second kappa shape index (κ2) is 6.80. The van der Waals surface area contributed by atoms with Crippen LogP contribution in [0.4, 0.5) is 0 Å². The van der Waals surface area contributed by atoms with Gasteiger partial charge in [-0.2, -0.15) is 0 Å². The molecule has 1 atom stereocenters. The van der Waals surface area contributed by atoms with Crippen LogP contribution in [0.2, 0.25) is 0 Å². The van der Waals surface area contributed by atoms with Crippen LogP contribution in [0.15, 0.2) is 0 Å². The van der Waals surface area contributed by atoms with Crippen LogP contribution in [-0.2, 0) is 14.3 Å². The number of ether oxygens (including phenoxy) is 2. The zero-order valence-electron chi connectivity index (χ0n) is 9.70. The molecule has 0 aromatic rings. The topological polar surface area (TPSA) is 38.8 Å². The van der Waals surface area contributed by atoms with Crippen LogP contribution in [0.25, 0.3) is 0 Å². The number of likely N-dealkylation sites (tertiary alicyclic amines) is 1. The quantitative estimate of drug-likeness (QED) is 0.470. The predicted octanol–water partition coefficient (Wildman–Crippen LogP) is 1.05. The Labute approximate surface area is 91.5 Å². The molecule has 0 bridgehead atoms. The first kappa shape index (κ1) is 12.5. The number of nitrogens with zero attached hydrogens (tertiary/aromatic N) is 1. The lowest BCUT2D eigenvalue weighted by atomic mass is 10.0. The molecule has 0 spiro atoms. The summed E-state index contributed by atoms with van der Waals surface area (Å²) in [6, 6.07) is 0.00109. The van der Waals surface area contributed by atoms with E-state index in [-0.39, 0.29) is 12.0 Å². The SMILES string of the molecule is CCCOCCCN1CCC1C(=O)OC. The van der Waals surface area contributed by atoms with E-state index in [1.54, 1.807) is 0 Å². The molecule has 0 N–H and O–H groups in total. The molecule has 1 aliphatic heterocycles. The van der Waals surface area contributed by atoms with E-state index < -0.39 is 0 Å². The molecule has 0 saturated carbocycles. The third-order valence-corrected chi connectivity index (χ3v) is 2.69. The van der Waals surface area contributed by atoms with Gasteiger partial charge < -0.3 is 9.47 Å². The molecule has 0 aliphatic carbocycles. The van der Waals surface area contributed by atoms with Gasteiger partial charge in [-0.1, -0.05) is 6.92 Å². The van der Waals surface area contributed by atoms with E-state index in [0.717, 1.165) is 45.6 Å². The number of methoxy groups -OCH3 is 1. The smallest absolute Gasteiger partial charge is 0.323 e. The van der Waals surface area contributed by atoms with E-state index in [1.165, 1.54) is 7.11 Å². The van der Waals surface area contributed by atoms with Gasteiger partial charge in [0.05, 0.1) is 7.11 Å². The van der Waals surface area contributed by atoms with Gasteiger partial charge in [-0.25, -0.2) is 0 Å². The average Bonchev–Trinajstić information content (AvgIpc) is 2.21. The second-order valence-corrected chi connectivity index (χ2v) is 3.83. The summed E-state index contributed by atoms with van der Waals surface area (Å²) in [4.78, 5) is 13.4. The molecular weight excluding hydrogens is 194 g/mol. The highest BCUT2D eigenvalue weighted by molar-refractivity contribution is 5.76. The number of hydrogen-bond acceptors (Lipinski definition) is 4. The second-order valence-electron chi connectivity index (χ2n) is 3.83. The summed E-state index contributed by atoms with van der Waals surface area (Å²) in [6.07, 6.45) is 2.99. The maximum atomic E-state index is 11.2. The molecule has 1 aliphatic rings. The van der Waals surface area contributed by atoms with Gasteiger partial charge in [-0.3, -0.25) is 9.69 Å². The summed E-state index contributed by atoms with van der Waals surface area (Å²) in [5.74, 6) is -0.101. The Kier molecular flexibility index (Phi) is 5.65. The number of hydrogen-bond donors (Lipinski definition) is 0. The lowest BCUT2D eigenvalue weighted by molar-refractivity contribution is -0.152. The minimum atomic E-state index is -0.101. The van der Waals surface area contributed by atoms with Crippen molar-refractivity contribution in [2.24, 2.45) is 0 Å². The highest BCUT2D eigenvalue weighted by atomic mass is 16.5. The van der Waals surface area contributed by atoms with Gasteiger partial charge in [0.1, 0.15) is 6.04 Å². The highest BCUT2D eigenvalue weighted by Gasteiger charge is 2.34. The molecule has 0 aromatic heterocycles. The summed E-state index contributed by atoms with van der Waals surface area (Å²) < 4.78 is 10.1. The van der Waals surface area contributed by atoms with E-state index in [9.17, 15) is 4.79 Å². The van der Waals surface area contributed by atoms with Crippen molar-refractivity contribution < 1.29 is 14.3 Å². The Hall–Kier alpha value is -0.610. The van der Waals surface area contributed by atoms with E-state index in [4.69, 9.17) is 9.47 Å². The molecule has 0 radical (unpaired) electrons. The van der Waals surface area contributed by atoms with Gasteiger partial charge in [0.15, 0.2) is 0 Å². The van der Waals surface area contributed by atoms with E-state index in [1.807, 2.05) is 0 Å².